The van der Waals surface area contributed by atoms with Crippen LogP contribution in [0.3, 0.4) is 0 Å². The minimum absolute atomic E-state index is 0.385. The summed E-state index contributed by atoms with van der Waals surface area (Å²) < 4.78 is 15.5. The average Bonchev–Trinajstić information content (AvgIpc) is 2.59. The Morgan fingerprint density at radius 3 is 2.45 bits per heavy atom. The summed E-state index contributed by atoms with van der Waals surface area (Å²) in [6, 6.07) is 14.5. The molecule has 0 saturated carbocycles. The van der Waals surface area contributed by atoms with Crippen molar-refractivity contribution in [2.75, 3.05) is 14.2 Å². The topological polar surface area (TPSA) is 65.0 Å². The lowest BCUT2D eigenvalue weighted by Crippen LogP contribution is -2.13. The molecule has 0 aliphatic rings. The second-order valence-electron chi connectivity index (χ2n) is 4.61. The number of hydrogen-bond acceptors (Lipinski definition) is 5. The van der Waals surface area contributed by atoms with E-state index in [2.05, 4.69) is 4.74 Å². The first kappa shape index (κ1) is 15.9. The second-order valence-corrected chi connectivity index (χ2v) is 4.61. The first-order valence-electron chi connectivity index (χ1n) is 6.76. The van der Waals surface area contributed by atoms with E-state index in [1.807, 2.05) is 30.3 Å². The number of ether oxygens (including phenoxy) is 3. The van der Waals surface area contributed by atoms with Gasteiger partial charge in [-0.1, -0.05) is 36.4 Å². The summed E-state index contributed by atoms with van der Waals surface area (Å²) >= 11 is 0. The van der Waals surface area contributed by atoms with Gasteiger partial charge in [0.1, 0.15) is 6.61 Å². The van der Waals surface area contributed by atoms with Crippen LogP contribution in [0.2, 0.25) is 0 Å². The molecular weight excluding hydrogens is 284 g/mol. The molecule has 0 spiro atoms. The second kappa shape index (κ2) is 7.47. The Balaban J connectivity index is 2.14. The van der Waals surface area contributed by atoms with Crippen LogP contribution in [0.25, 0.3) is 0 Å². The van der Waals surface area contributed by atoms with Crippen molar-refractivity contribution in [1.82, 2.24) is 0 Å². The Morgan fingerprint density at radius 2 is 1.82 bits per heavy atom. The van der Waals surface area contributed by atoms with E-state index >= 15 is 0 Å². The predicted octanol–water partition coefficient (Wildman–Crippen LogP) is 2.48. The van der Waals surface area contributed by atoms with Crippen LogP contribution in [0.5, 0.6) is 11.5 Å². The van der Waals surface area contributed by atoms with E-state index in [-0.39, 0.29) is 0 Å². The third-order valence-corrected chi connectivity index (χ3v) is 3.17. The van der Waals surface area contributed by atoms with Crippen molar-refractivity contribution in [3.8, 4) is 11.5 Å². The maximum Gasteiger partial charge on any atom is 0.339 e. The number of hydrogen-bond donors (Lipinski definition) is 1. The van der Waals surface area contributed by atoms with Gasteiger partial charge in [0.25, 0.3) is 0 Å². The number of carbonyl (C=O) groups is 1. The highest BCUT2D eigenvalue weighted by Gasteiger charge is 2.19. The smallest absolute Gasteiger partial charge is 0.339 e. The predicted molar refractivity (Wildman–Crippen MR) is 80.7 cm³/mol. The Labute approximate surface area is 129 Å². The van der Waals surface area contributed by atoms with Crippen molar-refractivity contribution in [3.63, 3.8) is 0 Å². The molecule has 5 nitrogen and oxygen atoms in total. The van der Waals surface area contributed by atoms with Gasteiger partial charge in [0.15, 0.2) is 17.6 Å². The number of carbonyl (C=O) groups excluding carboxylic acids is 1. The standard InChI is InChI=1S/C17H18O5/c1-20-15-10-13(16(18)17(19)21-2)8-9-14(15)22-11-12-6-4-3-5-7-12/h3-10,16,18H,11H2,1-2H3. The molecule has 0 radical (unpaired) electrons. The summed E-state index contributed by atoms with van der Waals surface area (Å²) in [5.74, 6) is 0.253. The van der Waals surface area contributed by atoms with Crippen LogP contribution in [0.4, 0.5) is 0 Å². The van der Waals surface area contributed by atoms with Crippen molar-refractivity contribution in [3.05, 3.63) is 59.7 Å². The van der Waals surface area contributed by atoms with Gasteiger partial charge in [-0.3, -0.25) is 0 Å². The summed E-state index contributed by atoms with van der Waals surface area (Å²) in [5, 5.41) is 9.84. The SMILES string of the molecule is COC(=O)C(O)c1ccc(OCc2ccccc2)c(OC)c1. The molecule has 0 heterocycles. The van der Waals surface area contributed by atoms with E-state index in [0.29, 0.717) is 23.7 Å². The first-order chi connectivity index (χ1) is 10.7. The fraction of sp³-hybridized carbons (Fsp3) is 0.235. The number of benzene rings is 2. The minimum atomic E-state index is -1.35. The van der Waals surface area contributed by atoms with Crippen LogP contribution in [0.1, 0.15) is 17.2 Å². The largest absolute Gasteiger partial charge is 0.493 e. The third-order valence-electron chi connectivity index (χ3n) is 3.17. The molecule has 0 amide bonds. The van der Waals surface area contributed by atoms with Gasteiger partial charge in [-0.25, -0.2) is 4.79 Å². The normalized spacial score (nSPS) is 11.6. The summed E-state index contributed by atoms with van der Waals surface area (Å²) in [5.41, 5.74) is 1.42. The molecule has 116 valence electrons. The van der Waals surface area contributed by atoms with Crippen molar-refractivity contribution in [2.45, 2.75) is 12.7 Å². The van der Waals surface area contributed by atoms with Crippen molar-refractivity contribution >= 4 is 5.97 Å². The lowest BCUT2D eigenvalue weighted by Gasteiger charge is -2.14. The Bertz CT molecular complexity index is 624. The van der Waals surface area contributed by atoms with E-state index < -0.39 is 12.1 Å². The van der Waals surface area contributed by atoms with E-state index in [4.69, 9.17) is 9.47 Å². The summed E-state index contributed by atoms with van der Waals surface area (Å²) in [6.07, 6.45) is -1.35. The highest BCUT2D eigenvalue weighted by molar-refractivity contribution is 5.76. The number of aliphatic hydroxyl groups excluding tert-OH is 1. The van der Waals surface area contributed by atoms with Gasteiger partial charge < -0.3 is 19.3 Å². The molecular formula is C17H18O5. The minimum Gasteiger partial charge on any atom is -0.493 e. The van der Waals surface area contributed by atoms with Crippen molar-refractivity contribution in [1.29, 1.82) is 0 Å². The van der Waals surface area contributed by atoms with E-state index in [1.165, 1.54) is 14.2 Å². The van der Waals surface area contributed by atoms with Gasteiger partial charge in [0.05, 0.1) is 14.2 Å². The van der Waals surface area contributed by atoms with Crippen LogP contribution in [0.15, 0.2) is 48.5 Å². The van der Waals surface area contributed by atoms with Gasteiger partial charge in [-0.2, -0.15) is 0 Å². The maximum absolute atomic E-state index is 11.4. The molecule has 1 atom stereocenters. The van der Waals surface area contributed by atoms with Crippen LogP contribution < -0.4 is 9.47 Å². The zero-order chi connectivity index (χ0) is 15.9. The Hall–Kier alpha value is -2.53. The molecule has 22 heavy (non-hydrogen) atoms. The quantitative estimate of drug-likeness (QED) is 0.830. The molecule has 5 heteroatoms. The molecule has 0 aromatic heterocycles. The van der Waals surface area contributed by atoms with E-state index in [0.717, 1.165) is 5.56 Å². The molecule has 1 unspecified atom stereocenters. The highest BCUT2D eigenvalue weighted by atomic mass is 16.5. The van der Waals surface area contributed by atoms with E-state index in [9.17, 15) is 9.90 Å². The molecule has 0 aliphatic carbocycles. The number of esters is 1. The molecule has 0 bridgehead atoms. The zero-order valence-electron chi connectivity index (χ0n) is 12.5. The number of aliphatic hydroxyl groups is 1. The molecule has 1 N–H and O–H groups in total. The monoisotopic (exact) mass is 302 g/mol. The lowest BCUT2D eigenvalue weighted by atomic mass is 10.1. The lowest BCUT2D eigenvalue weighted by molar-refractivity contribution is -0.150. The van der Waals surface area contributed by atoms with Crippen molar-refractivity contribution < 1.29 is 24.1 Å². The van der Waals surface area contributed by atoms with Gasteiger partial charge in [-0.05, 0) is 23.3 Å². The highest BCUT2D eigenvalue weighted by Crippen LogP contribution is 2.31. The Kier molecular flexibility index (Phi) is 5.38. The van der Waals surface area contributed by atoms with Gasteiger partial charge in [0, 0.05) is 0 Å². The van der Waals surface area contributed by atoms with Gasteiger partial charge >= 0.3 is 5.97 Å². The molecule has 2 aromatic rings. The molecule has 0 fully saturated rings. The zero-order valence-corrected chi connectivity index (χ0v) is 12.5. The van der Waals surface area contributed by atoms with Crippen LogP contribution in [0, 0.1) is 0 Å². The Morgan fingerprint density at radius 1 is 1.09 bits per heavy atom. The van der Waals surface area contributed by atoms with Crippen LogP contribution >= 0.6 is 0 Å². The maximum atomic E-state index is 11.4. The van der Waals surface area contributed by atoms with Crippen LogP contribution in [-0.4, -0.2) is 25.3 Å². The molecule has 2 rings (SSSR count). The fourth-order valence-electron chi connectivity index (χ4n) is 1.96. The number of rotatable bonds is 6. The third kappa shape index (κ3) is 3.77. The van der Waals surface area contributed by atoms with Crippen LogP contribution in [-0.2, 0) is 16.1 Å². The summed E-state index contributed by atoms with van der Waals surface area (Å²) in [6.45, 7) is 0.399. The molecule has 0 aliphatic heterocycles. The van der Waals surface area contributed by atoms with E-state index in [1.54, 1.807) is 18.2 Å². The van der Waals surface area contributed by atoms with Gasteiger partial charge in [0.2, 0.25) is 0 Å². The first-order valence-corrected chi connectivity index (χ1v) is 6.76. The summed E-state index contributed by atoms with van der Waals surface area (Å²) in [4.78, 5) is 11.4. The average molecular weight is 302 g/mol. The van der Waals surface area contributed by atoms with Crippen molar-refractivity contribution in [2.24, 2.45) is 0 Å². The van der Waals surface area contributed by atoms with Gasteiger partial charge in [-0.15, -0.1) is 0 Å². The molecule has 0 saturated heterocycles. The number of methoxy groups -OCH3 is 2. The fourth-order valence-corrected chi connectivity index (χ4v) is 1.96. The summed E-state index contributed by atoms with van der Waals surface area (Å²) in [7, 11) is 2.72. The molecule has 2 aromatic carbocycles.